The summed E-state index contributed by atoms with van der Waals surface area (Å²) in [7, 11) is 0. The summed E-state index contributed by atoms with van der Waals surface area (Å²) in [4.78, 5) is 15.1. The number of likely N-dealkylation sites (tertiary alicyclic amines) is 1. The molecule has 1 amide bonds. The molecule has 1 aliphatic heterocycles. The Balaban J connectivity index is 1.15. The van der Waals surface area contributed by atoms with Crippen LogP contribution in [0.2, 0.25) is 0 Å². The zero-order chi connectivity index (χ0) is 21.2. The summed E-state index contributed by atoms with van der Waals surface area (Å²) in [5.74, 6) is 0.240. The van der Waals surface area contributed by atoms with Gasteiger partial charge in [0, 0.05) is 29.8 Å². The summed E-state index contributed by atoms with van der Waals surface area (Å²) in [5, 5.41) is 10.5. The highest BCUT2D eigenvalue weighted by Crippen LogP contribution is 2.33. The van der Waals surface area contributed by atoms with Gasteiger partial charge in [-0.3, -0.25) is 14.8 Å². The number of benzene rings is 2. The van der Waals surface area contributed by atoms with E-state index in [1.807, 2.05) is 24.3 Å². The van der Waals surface area contributed by atoms with E-state index in [1.54, 1.807) is 6.07 Å². The van der Waals surface area contributed by atoms with Crippen molar-refractivity contribution in [2.75, 3.05) is 19.6 Å². The lowest BCUT2D eigenvalue weighted by Gasteiger charge is -2.32. The maximum absolute atomic E-state index is 13.9. The first kappa shape index (κ1) is 19.9. The van der Waals surface area contributed by atoms with Gasteiger partial charge in [-0.25, -0.2) is 4.39 Å². The Morgan fingerprint density at radius 1 is 1.10 bits per heavy atom. The Bertz CT molecular complexity index is 1080. The molecule has 1 aromatic heterocycles. The van der Waals surface area contributed by atoms with Gasteiger partial charge in [-0.1, -0.05) is 42.5 Å². The molecule has 2 heterocycles. The summed E-state index contributed by atoms with van der Waals surface area (Å²) < 4.78 is 13.9. The Morgan fingerprint density at radius 2 is 1.87 bits per heavy atom. The van der Waals surface area contributed by atoms with Crippen LogP contribution in [0.15, 0.2) is 48.5 Å². The highest BCUT2D eigenvalue weighted by atomic mass is 19.1. The minimum absolute atomic E-state index is 0.0677. The van der Waals surface area contributed by atoms with Crippen molar-refractivity contribution in [2.45, 2.75) is 32.2 Å². The van der Waals surface area contributed by atoms with Crippen LogP contribution in [0, 0.1) is 11.7 Å². The average molecular weight is 419 g/mol. The van der Waals surface area contributed by atoms with Crippen LogP contribution in [0.25, 0.3) is 11.3 Å². The predicted octanol–water partition coefficient (Wildman–Crippen LogP) is 3.96. The van der Waals surface area contributed by atoms with Crippen molar-refractivity contribution in [2.24, 2.45) is 5.92 Å². The highest BCUT2D eigenvalue weighted by molar-refractivity contribution is 5.96. The summed E-state index contributed by atoms with van der Waals surface area (Å²) >= 11 is 0. The van der Waals surface area contributed by atoms with Crippen LogP contribution in [-0.4, -0.2) is 40.6 Å². The number of aromatic amines is 1. The number of fused-ring (bicyclic) bond motifs is 3. The Kier molecular flexibility index (Phi) is 5.55. The van der Waals surface area contributed by atoms with Crippen LogP contribution in [0.1, 0.15) is 40.0 Å². The molecule has 31 heavy (non-hydrogen) atoms. The van der Waals surface area contributed by atoms with E-state index in [2.05, 4.69) is 32.5 Å². The number of hydrogen-bond donors (Lipinski definition) is 2. The molecule has 0 radical (unpaired) electrons. The molecule has 0 bridgehead atoms. The second-order valence-corrected chi connectivity index (χ2v) is 8.60. The average Bonchev–Trinajstić information content (AvgIpc) is 3.25. The first-order valence-electron chi connectivity index (χ1n) is 11.1. The molecule has 0 spiro atoms. The second kappa shape index (κ2) is 8.63. The van der Waals surface area contributed by atoms with E-state index in [9.17, 15) is 9.18 Å². The molecule has 2 aromatic carbocycles. The first-order valence-corrected chi connectivity index (χ1v) is 11.1. The van der Waals surface area contributed by atoms with Gasteiger partial charge in [0.1, 0.15) is 11.5 Å². The number of hydrogen-bond acceptors (Lipinski definition) is 3. The largest absolute Gasteiger partial charge is 0.350 e. The van der Waals surface area contributed by atoms with Crippen molar-refractivity contribution < 1.29 is 9.18 Å². The predicted molar refractivity (Wildman–Crippen MR) is 118 cm³/mol. The van der Waals surface area contributed by atoms with Crippen LogP contribution in [-0.2, 0) is 19.4 Å². The van der Waals surface area contributed by atoms with Gasteiger partial charge in [-0.15, -0.1) is 0 Å². The van der Waals surface area contributed by atoms with Crippen molar-refractivity contribution in [1.29, 1.82) is 0 Å². The topological polar surface area (TPSA) is 61.0 Å². The van der Waals surface area contributed by atoms with Crippen LogP contribution < -0.4 is 5.32 Å². The highest BCUT2D eigenvalue weighted by Gasteiger charge is 2.26. The van der Waals surface area contributed by atoms with Gasteiger partial charge in [-0.2, -0.15) is 5.10 Å². The Labute approximate surface area is 181 Å². The van der Waals surface area contributed by atoms with Crippen LogP contribution in [0.4, 0.5) is 4.39 Å². The maximum atomic E-state index is 13.9. The van der Waals surface area contributed by atoms with Gasteiger partial charge in [0.15, 0.2) is 0 Å². The molecule has 1 aliphatic carbocycles. The summed E-state index contributed by atoms with van der Waals surface area (Å²) in [5.41, 5.74) is 5.70. The van der Waals surface area contributed by atoms with E-state index in [0.717, 1.165) is 61.2 Å². The number of aromatic nitrogens is 2. The van der Waals surface area contributed by atoms with Crippen molar-refractivity contribution in [1.82, 2.24) is 20.4 Å². The number of piperidine rings is 1. The zero-order valence-electron chi connectivity index (χ0n) is 17.5. The van der Waals surface area contributed by atoms with Gasteiger partial charge < -0.3 is 5.32 Å². The maximum Gasteiger partial charge on any atom is 0.269 e. The molecule has 3 aromatic rings. The minimum atomic E-state index is -0.137. The Hall–Kier alpha value is -2.99. The van der Waals surface area contributed by atoms with Crippen LogP contribution in [0.5, 0.6) is 0 Å². The SMILES string of the molecule is O=C(NCC1CCN(Cc2ccccc2F)CC1)c1[nH]nc2c1CCc1ccccc1-2. The van der Waals surface area contributed by atoms with E-state index < -0.39 is 0 Å². The van der Waals surface area contributed by atoms with E-state index >= 15 is 0 Å². The zero-order valence-corrected chi connectivity index (χ0v) is 17.5. The molecule has 0 atom stereocenters. The summed E-state index contributed by atoms with van der Waals surface area (Å²) in [6.07, 6.45) is 3.77. The second-order valence-electron chi connectivity index (χ2n) is 8.60. The third kappa shape index (κ3) is 4.12. The standard InChI is InChI=1S/C25H27FN4O/c26-22-8-4-2-6-19(22)16-30-13-11-17(12-14-30)15-27-25(31)24-21-10-9-18-5-1-3-7-20(18)23(21)28-29-24/h1-8,17H,9-16H2,(H,27,31)(H,28,29). The minimum Gasteiger partial charge on any atom is -0.350 e. The normalized spacial score (nSPS) is 16.5. The van der Waals surface area contributed by atoms with Gasteiger partial charge in [0.2, 0.25) is 0 Å². The van der Waals surface area contributed by atoms with E-state index in [-0.39, 0.29) is 11.7 Å². The van der Waals surface area contributed by atoms with Crippen molar-refractivity contribution >= 4 is 5.91 Å². The number of amides is 1. The number of carbonyl (C=O) groups excluding carboxylic acids is 1. The molecule has 1 saturated heterocycles. The quantitative estimate of drug-likeness (QED) is 0.659. The fourth-order valence-electron chi connectivity index (χ4n) is 4.79. The number of nitrogens with zero attached hydrogens (tertiary/aromatic N) is 2. The fourth-order valence-corrected chi connectivity index (χ4v) is 4.79. The molecule has 0 unspecified atom stereocenters. The number of nitrogens with one attached hydrogen (secondary N) is 2. The van der Waals surface area contributed by atoms with Crippen LogP contribution >= 0.6 is 0 Å². The lowest BCUT2D eigenvalue weighted by molar-refractivity contribution is 0.0929. The summed E-state index contributed by atoms with van der Waals surface area (Å²) in [6, 6.07) is 15.2. The molecular formula is C25H27FN4O. The molecule has 5 nitrogen and oxygen atoms in total. The molecule has 0 saturated carbocycles. The molecule has 2 aliphatic rings. The van der Waals surface area contributed by atoms with Gasteiger partial charge in [0.05, 0.1) is 5.69 Å². The fraction of sp³-hybridized carbons (Fsp3) is 0.360. The smallest absolute Gasteiger partial charge is 0.269 e. The number of halogens is 1. The van der Waals surface area contributed by atoms with Gasteiger partial charge in [0.25, 0.3) is 5.91 Å². The summed E-state index contributed by atoms with van der Waals surface area (Å²) in [6.45, 7) is 3.15. The monoisotopic (exact) mass is 418 g/mol. The molecule has 2 N–H and O–H groups in total. The Morgan fingerprint density at radius 3 is 2.71 bits per heavy atom. The molecule has 160 valence electrons. The van der Waals surface area contributed by atoms with E-state index in [1.165, 1.54) is 11.6 Å². The lowest BCUT2D eigenvalue weighted by Crippen LogP contribution is -2.38. The molecule has 1 fully saturated rings. The lowest BCUT2D eigenvalue weighted by atomic mass is 9.89. The molecule has 5 rings (SSSR count). The third-order valence-corrected chi connectivity index (χ3v) is 6.62. The number of carbonyl (C=O) groups is 1. The van der Waals surface area contributed by atoms with Crippen LogP contribution in [0.3, 0.4) is 0 Å². The molecular weight excluding hydrogens is 391 g/mol. The first-order chi connectivity index (χ1) is 15.2. The third-order valence-electron chi connectivity index (χ3n) is 6.62. The molecule has 6 heteroatoms. The van der Waals surface area contributed by atoms with Gasteiger partial charge >= 0.3 is 0 Å². The van der Waals surface area contributed by atoms with E-state index in [4.69, 9.17) is 0 Å². The van der Waals surface area contributed by atoms with E-state index in [0.29, 0.717) is 24.7 Å². The van der Waals surface area contributed by atoms with Gasteiger partial charge in [-0.05, 0) is 56.3 Å². The van der Waals surface area contributed by atoms with Crippen molar-refractivity contribution in [3.8, 4) is 11.3 Å². The number of H-pyrrole nitrogens is 1. The number of rotatable bonds is 5. The number of aryl methyl sites for hydroxylation is 1. The van der Waals surface area contributed by atoms with Crippen molar-refractivity contribution in [3.63, 3.8) is 0 Å². The van der Waals surface area contributed by atoms with Crippen molar-refractivity contribution in [3.05, 3.63) is 76.7 Å².